The monoisotopic (exact) mass is 369 g/mol. The van der Waals surface area contributed by atoms with Gasteiger partial charge in [0.05, 0.1) is 12.7 Å². The molecule has 0 saturated heterocycles. The Morgan fingerprint density at radius 1 is 1.15 bits per heavy atom. The molecule has 0 bridgehead atoms. The van der Waals surface area contributed by atoms with Crippen molar-refractivity contribution in [3.8, 4) is 11.5 Å². The third kappa shape index (κ3) is 6.89. The van der Waals surface area contributed by atoms with E-state index in [-0.39, 0.29) is 18.4 Å². The zero-order chi connectivity index (χ0) is 19.6. The lowest BCUT2D eigenvalue weighted by molar-refractivity contribution is 0.0987. The van der Waals surface area contributed by atoms with Gasteiger partial charge in [-0.1, -0.05) is 44.2 Å². The zero-order valence-corrected chi connectivity index (χ0v) is 16.0. The highest BCUT2D eigenvalue weighted by atomic mass is 16.5. The molecule has 1 atom stereocenters. The van der Waals surface area contributed by atoms with Gasteiger partial charge in [0.2, 0.25) is 0 Å². The quantitative estimate of drug-likeness (QED) is 0.497. The van der Waals surface area contributed by atoms with Gasteiger partial charge in [-0.3, -0.25) is 4.79 Å². The number of para-hydroxylation sites is 1. The number of hydrogen-bond acceptors (Lipinski definition) is 5. The van der Waals surface area contributed by atoms with Gasteiger partial charge in [0.1, 0.15) is 24.2 Å². The molecule has 0 aliphatic rings. The first kappa shape index (κ1) is 20.7. The van der Waals surface area contributed by atoms with Crippen molar-refractivity contribution in [3.63, 3.8) is 0 Å². The molecule has 0 radical (unpaired) electrons. The molecular formula is C22H27NO4. The van der Waals surface area contributed by atoms with Crippen molar-refractivity contribution in [1.29, 1.82) is 0 Å². The molecule has 1 unspecified atom stereocenters. The molecule has 2 aromatic carbocycles. The van der Waals surface area contributed by atoms with Crippen molar-refractivity contribution in [3.05, 3.63) is 65.7 Å². The summed E-state index contributed by atoms with van der Waals surface area (Å²) in [5.74, 6) is 1.07. The van der Waals surface area contributed by atoms with Crippen LogP contribution in [0.5, 0.6) is 11.5 Å². The molecule has 2 N–H and O–H groups in total. The number of carbonyl (C=O) groups excluding carboxylic acids is 1. The van der Waals surface area contributed by atoms with Crippen LogP contribution in [0.1, 0.15) is 29.8 Å². The third-order valence-electron chi connectivity index (χ3n) is 3.89. The van der Waals surface area contributed by atoms with Gasteiger partial charge in [0, 0.05) is 12.6 Å². The molecule has 5 heteroatoms. The van der Waals surface area contributed by atoms with Gasteiger partial charge < -0.3 is 19.9 Å². The van der Waals surface area contributed by atoms with Crippen molar-refractivity contribution >= 4 is 11.9 Å². The molecule has 0 aromatic heterocycles. The second-order valence-corrected chi connectivity index (χ2v) is 6.49. The van der Waals surface area contributed by atoms with E-state index in [9.17, 15) is 9.90 Å². The fourth-order valence-electron chi connectivity index (χ4n) is 2.39. The first-order chi connectivity index (χ1) is 13.0. The Kier molecular flexibility index (Phi) is 8.04. The predicted octanol–water partition coefficient (Wildman–Crippen LogP) is 3.33. The summed E-state index contributed by atoms with van der Waals surface area (Å²) < 4.78 is 10.8. The molecule has 0 aliphatic heterocycles. The fourth-order valence-corrected chi connectivity index (χ4v) is 2.39. The van der Waals surface area contributed by atoms with E-state index in [1.54, 1.807) is 37.5 Å². The summed E-state index contributed by atoms with van der Waals surface area (Å²) in [7, 11) is 1.61. The summed E-state index contributed by atoms with van der Waals surface area (Å²) in [6, 6.07) is 14.8. The molecule has 0 amide bonds. The predicted molar refractivity (Wildman–Crippen MR) is 107 cm³/mol. The Morgan fingerprint density at radius 3 is 2.52 bits per heavy atom. The number of benzene rings is 2. The van der Waals surface area contributed by atoms with Crippen molar-refractivity contribution < 1.29 is 19.4 Å². The van der Waals surface area contributed by atoms with Crippen LogP contribution in [0.15, 0.2) is 54.6 Å². The van der Waals surface area contributed by atoms with Crippen LogP contribution >= 0.6 is 0 Å². The van der Waals surface area contributed by atoms with Crippen LogP contribution in [0.3, 0.4) is 0 Å². The van der Waals surface area contributed by atoms with E-state index in [1.165, 1.54) is 6.08 Å². The second kappa shape index (κ2) is 10.5. The van der Waals surface area contributed by atoms with E-state index in [4.69, 9.17) is 9.47 Å². The molecule has 144 valence electrons. The number of rotatable bonds is 10. The van der Waals surface area contributed by atoms with Crippen LogP contribution in [-0.4, -0.2) is 43.3 Å². The van der Waals surface area contributed by atoms with Crippen molar-refractivity contribution in [2.45, 2.75) is 26.0 Å². The average Bonchev–Trinajstić information content (AvgIpc) is 2.69. The molecule has 27 heavy (non-hydrogen) atoms. The minimum Gasteiger partial charge on any atom is -0.497 e. The summed E-state index contributed by atoms with van der Waals surface area (Å²) in [5.41, 5.74) is 1.36. The van der Waals surface area contributed by atoms with Gasteiger partial charge in [-0.05, 0) is 35.9 Å². The Balaban J connectivity index is 2.00. The number of aliphatic hydroxyl groups is 1. The maximum Gasteiger partial charge on any atom is 0.189 e. The number of allylic oxidation sites excluding steroid dienone is 1. The van der Waals surface area contributed by atoms with Gasteiger partial charge in [0.25, 0.3) is 0 Å². The standard InChI is InChI=1S/C22H27NO4/c1-16(2)23-14-18(24)15-27-22-7-5-4-6-20(22)21(25)13-10-17-8-11-19(26-3)12-9-17/h4-13,16,18,23-24H,14-15H2,1-3H3. The van der Waals surface area contributed by atoms with Crippen LogP contribution in [0.4, 0.5) is 0 Å². The van der Waals surface area contributed by atoms with E-state index >= 15 is 0 Å². The maximum atomic E-state index is 12.6. The van der Waals surface area contributed by atoms with Gasteiger partial charge in [-0.25, -0.2) is 0 Å². The van der Waals surface area contributed by atoms with Crippen LogP contribution in [0.2, 0.25) is 0 Å². The smallest absolute Gasteiger partial charge is 0.189 e. The summed E-state index contributed by atoms with van der Waals surface area (Å²) in [6.07, 6.45) is 2.62. The van der Waals surface area contributed by atoms with Crippen LogP contribution in [0.25, 0.3) is 6.08 Å². The SMILES string of the molecule is COc1ccc(C=CC(=O)c2ccccc2OCC(O)CNC(C)C)cc1. The van der Waals surface area contributed by atoms with E-state index in [0.717, 1.165) is 11.3 Å². The van der Waals surface area contributed by atoms with Crippen LogP contribution in [0, 0.1) is 0 Å². The summed E-state index contributed by atoms with van der Waals surface area (Å²) in [5, 5.41) is 13.1. The Hall–Kier alpha value is -2.63. The number of methoxy groups -OCH3 is 1. The third-order valence-corrected chi connectivity index (χ3v) is 3.89. The molecule has 2 rings (SSSR count). The van der Waals surface area contributed by atoms with Gasteiger partial charge >= 0.3 is 0 Å². The molecule has 5 nitrogen and oxygen atoms in total. The summed E-state index contributed by atoms with van der Waals surface area (Å²) in [4.78, 5) is 12.6. The minimum absolute atomic E-state index is 0.117. The molecule has 2 aromatic rings. The minimum atomic E-state index is -0.648. The number of aliphatic hydroxyl groups excluding tert-OH is 1. The highest BCUT2D eigenvalue weighted by molar-refractivity contribution is 6.08. The van der Waals surface area contributed by atoms with Crippen molar-refractivity contribution in [2.24, 2.45) is 0 Å². The fraction of sp³-hybridized carbons (Fsp3) is 0.318. The maximum absolute atomic E-state index is 12.6. The van der Waals surface area contributed by atoms with Crippen LogP contribution in [-0.2, 0) is 0 Å². The summed E-state index contributed by atoms with van der Waals surface area (Å²) in [6.45, 7) is 4.57. The molecule has 0 saturated carbocycles. The lowest BCUT2D eigenvalue weighted by Crippen LogP contribution is -2.35. The van der Waals surface area contributed by atoms with E-state index in [1.807, 2.05) is 38.1 Å². The molecular weight excluding hydrogens is 342 g/mol. The van der Waals surface area contributed by atoms with E-state index < -0.39 is 6.10 Å². The van der Waals surface area contributed by atoms with Crippen LogP contribution < -0.4 is 14.8 Å². The lowest BCUT2D eigenvalue weighted by atomic mass is 10.1. The topological polar surface area (TPSA) is 67.8 Å². The number of carbonyl (C=O) groups is 1. The molecule has 0 spiro atoms. The molecule has 0 fully saturated rings. The highest BCUT2D eigenvalue weighted by Crippen LogP contribution is 2.20. The summed E-state index contributed by atoms with van der Waals surface area (Å²) >= 11 is 0. The number of ether oxygens (including phenoxy) is 2. The normalized spacial score (nSPS) is 12.3. The van der Waals surface area contributed by atoms with E-state index in [0.29, 0.717) is 17.9 Å². The second-order valence-electron chi connectivity index (χ2n) is 6.49. The molecule has 0 heterocycles. The number of ketones is 1. The first-order valence-electron chi connectivity index (χ1n) is 8.99. The largest absolute Gasteiger partial charge is 0.497 e. The van der Waals surface area contributed by atoms with Crippen molar-refractivity contribution in [1.82, 2.24) is 5.32 Å². The van der Waals surface area contributed by atoms with Gasteiger partial charge in [-0.15, -0.1) is 0 Å². The van der Waals surface area contributed by atoms with Crippen molar-refractivity contribution in [2.75, 3.05) is 20.3 Å². The number of nitrogens with one attached hydrogen (secondary N) is 1. The Labute approximate surface area is 160 Å². The van der Waals surface area contributed by atoms with Gasteiger partial charge in [-0.2, -0.15) is 0 Å². The first-order valence-corrected chi connectivity index (χ1v) is 8.99. The molecule has 0 aliphatic carbocycles. The Bertz CT molecular complexity index is 753. The highest BCUT2D eigenvalue weighted by Gasteiger charge is 2.12. The lowest BCUT2D eigenvalue weighted by Gasteiger charge is -2.16. The Morgan fingerprint density at radius 2 is 1.85 bits per heavy atom. The van der Waals surface area contributed by atoms with E-state index in [2.05, 4.69) is 5.32 Å². The number of hydrogen-bond donors (Lipinski definition) is 2. The van der Waals surface area contributed by atoms with Gasteiger partial charge in [0.15, 0.2) is 5.78 Å². The zero-order valence-electron chi connectivity index (χ0n) is 16.0. The average molecular weight is 369 g/mol.